The minimum Gasteiger partial charge on any atom is -0.486 e. The number of carbonyl (C=O) groups is 2. The fourth-order valence-corrected chi connectivity index (χ4v) is 4.74. The van der Waals surface area contributed by atoms with E-state index in [1.165, 1.54) is 0 Å². The van der Waals surface area contributed by atoms with E-state index in [1.807, 2.05) is 19.9 Å². The van der Waals surface area contributed by atoms with Gasteiger partial charge in [-0.2, -0.15) is 5.26 Å². The summed E-state index contributed by atoms with van der Waals surface area (Å²) in [5.74, 6) is -0.919. The Morgan fingerprint density at radius 2 is 1.81 bits per heavy atom. The zero-order valence-corrected chi connectivity index (χ0v) is 21.7. The number of nitro groups is 2. The third-order valence-electron chi connectivity index (χ3n) is 5.42. The van der Waals surface area contributed by atoms with Gasteiger partial charge in [-0.3, -0.25) is 29.8 Å². The minimum absolute atomic E-state index is 0.0290. The third-order valence-corrected chi connectivity index (χ3v) is 8.17. The van der Waals surface area contributed by atoms with Gasteiger partial charge in [-0.25, -0.2) is 0 Å². The van der Waals surface area contributed by atoms with Crippen molar-refractivity contribution in [1.82, 2.24) is 0 Å². The second-order valence-electron chi connectivity index (χ2n) is 8.58. The number of halogens is 1. The predicted molar refractivity (Wildman–Crippen MR) is 133 cm³/mol. The maximum atomic E-state index is 12.9. The smallest absolute Gasteiger partial charge is 0.310 e. The molecule has 0 saturated heterocycles. The topological polar surface area (TPSA) is 163 Å². The molecule has 3 rings (SSSR count). The lowest BCUT2D eigenvalue weighted by Gasteiger charge is -2.41. The summed E-state index contributed by atoms with van der Waals surface area (Å²) >= 11 is 4.24. The molecule has 0 bridgehead atoms. The Morgan fingerprint density at radius 1 is 1.19 bits per heavy atom. The predicted octanol–water partition coefficient (Wildman–Crippen LogP) is 5.10. The highest BCUT2D eigenvalue weighted by Gasteiger charge is 2.45. The van der Waals surface area contributed by atoms with Gasteiger partial charge < -0.3 is 9.47 Å². The van der Waals surface area contributed by atoms with Crippen LogP contribution in [0.1, 0.15) is 48.4 Å². The number of nitro benzene ring substituents is 2. The van der Waals surface area contributed by atoms with E-state index in [-0.39, 0.29) is 11.3 Å². The molecule has 36 heavy (non-hydrogen) atoms. The highest BCUT2D eigenvalue weighted by atomic mass is 79.9. The highest BCUT2D eigenvalue weighted by molar-refractivity contribution is 9.09. The van der Waals surface area contributed by atoms with Gasteiger partial charge in [0.25, 0.3) is 11.4 Å². The molecule has 0 saturated carbocycles. The van der Waals surface area contributed by atoms with Crippen LogP contribution < -0.4 is 4.74 Å². The maximum Gasteiger partial charge on any atom is 0.310 e. The van der Waals surface area contributed by atoms with Crippen LogP contribution in [0.3, 0.4) is 0 Å². The number of ether oxygens (including phenoxy) is 2. The van der Waals surface area contributed by atoms with Gasteiger partial charge in [0.1, 0.15) is 17.5 Å². The second kappa shape index (κ2) is 10.6. The first-order chi connectivity index (χ1) is 16.8. The van der Waals surface area contributed by atoms with Crippen molar-refractivity contribution in [3.63, 3.8) is 0 Å². The Kier molecular flexibility index (Phi) is 8.00. The number of nitriles is 1. The van der Waals surface area contributed by atoms with Crippen LogP contribution in [0.25, 0.3) is 0 Å². The van der Waals surface area contributed by atoms with Crippen LogP contribution in [0.4, 0.5) is 11.4 Å². The minimum atomic E-state index is -0.823. The number of thioether (sulfide) groups is 1. The number of benzene rings is 2. The lowest BCUT2D eigenvalue weighted by atomic mass is 9.90. The molecule has 0 N–H and O–H groups in total. The van der Waals surface area contributed by atoms with E-state index in [0.29, 0.717) is 28.6 Å². The van der Waals surface area contributed by atoms with E-state index in [4.69, 9.17) is 9.47 Å². The quantitative estimate of drug-likeness (QED) is 0.187. The number of alkyl halides is 1. The number of nitrogens with zero attached hydrogens (tertiary/aromatic N) is 3. The molecule has 0 fully saturated rings. The van der Waals surface area contributed by atoms with Crippen molar-refractivity contribution in [2.24, 2.45) is 5.92 Å². The van der Waals surface area contributed by atoms with Crippen molar-refractivity contribution in [2.45, 2.75) is 37.3 Å². The lowest BCUT2D eigenvalue weighted by Crippen LogP contribution is -2.47. The average molecular weight is 578 g/mol. The summed E-state index contributed by atoms with van der Waals surface area (Å²) in [6.07, 6.45) is -0.771. The van der Waals surface area contributed by atoms with Crippen LogP contribution in [0, 0.1) is 37.5 Å². The van der Waals surface area contributed by atoms with Crippen molar-refractivity contribution in [3.8, 4) is 11.8 Å². The van der Waals surface area contributed by atoms with Crippen molar-refractivity contribution >= 4 is 50.2 Å². The van der Waals surface area contributed by atoms with Gasteiger partial charge in [-0.15, -0.1) is 0 Å². The van der Waals surface area contributed by atoms with Crippen molar-refractivity contribution in [1.29, 1.82) is 5.26 Å². The molecule has 2 aromatic carbocycles. The van der Waals surface area contributed by atoms with Gasteiger partial charge in [0.2, 0.25) is 5.12 Å². The Morgan fingerprint density at radius 3 is 2.36 bits per heavy atom. The molecule has 1 aliphatic rings. The molecular weight excluding hydrogens is 558 g/mol. The highest BCUT2D eigenvalue weighted by Crippen LogP contribution is 2.45. The molecule has 3 atom stereocenters. The van der Waals surface area contributed by atoms with Crippen LogP contribution >= 0.6 is 27.7 Å². The molecule has 3 unspecified atom stereocenters. The first-order valence-electron chi connectivity index (χ1n) is 10.5. The summed E-state index contributed by atoms with van der Waals surface area (Å²) in [5, 5.41) is 30.7. The van der Waals surface area contributed by atoms with Crippen LogP contribution in [0.15, 0.2) is 36.4 Å². The van der Waals surface area contributed by atoms with Gasteiger partial charge in [-0.05, 0) is 32.0 Å². The molecule has 1 heterocycles. The fourth-order valence-electron chi connectivity index (χ4n) is 3.44. The molecule has 0 radical (unpaired) electrons. The van der Waals surface area contributed by atoms with E-state index in [1.54, 1.807) is 25.1 Å². The fraction of sp³-hybridized carbons (Fsp3) is 0.348. The first-order valence-corrected chi connectivity index (χ1v) is 12.4. The van der Waals surface area contributed by atoms with Crippen molar-refractivity contribution in [3.05, 3.63) is 73.3 Å². The largest absolute Gasteiger partial charge is 0.486 e. The van der Waals surface area contributed by atoms with Crippen LogP contribution in [-0.2, 0) is 9.53 Å². The van der Waals surface area contributed by atoms with Crippen molar-refractivity contribution in [2.75, 3.05) is 5.75 Å². The second-order valence-corrected chi connectivity index (χ2v) is 10.6. The molecule has 0 amide bonds. The Balaban J connectivity index is 1.74. The van der Waals surface area contributed by atoms with Crippen LogP contribution in [-0.4, -0.2) is 37.1 Å². The van der Waals surface area contributed by atoms with Gasteiger partial charge in [0.15, 0.2) is 0 Å². The number of esters is 1. The first kappa shape index (κ1) is 27.1. The normalized spacial score (nSPS) is 18.6. The number of rotatable bonds is 7. The molecule has 13 heteroatoms. The zero-order chi connectivity index (χ0) is 26.8. The van der Waals surface area contributed by atoms with E-state index < -0.39 is 54.8 Å². The average Bonchev–Trinajstić information content (AvgIpc) is 2.84. The van der Waals surface area contributed by atoms with Gasteiger partial charge in [0.05, 0.1) is 38.3 Å². The van der Waals surface area contributed by atoms with E-state index in [2.05, 4.69) is 15.9 Å². The van der Waals surface area contributed by atoms with Crippen LogP contribution in [0.5, 0.6) is 5.75 Å². The van der Waals surface area contributed by atoms with E-state index in [0.717, 1.165) is 18.2 Å². The van der Waals surface area contributed by atoms with Gasteiger partial charge in [0, 0.05) is 29.0 Å². The molecule has 188 valence electrons. The van der Waals surface area contributed by atoms with Crippen LogP contribution in [0.2, 0.25) is 0 Å². The summed E-state index contributed by atoms with van der Waals surface area (Å²) in [6, 6.07) is 9.56. The third kappa shape index (κ3) is 5.83. The SMILES string of the molecule is CC(CSC(=O)c1cc([N+](=O)[O-])cc([N+](=O)[O-])c1)C(=O)OC1c2cc(C#N)ccc2OC(C)(C)C1Br. The van der Waals surface area contributed by atoms with E-state index in [9.17, 15) is 35.1 Å². The number of fused-ring (bicyclic) bond motifs is 1. The molecule has 1 aliphatic heterocycles. The summed E-state index contributed by atoms with van der Waals surface area (Å²) in [7, 11) is 0. The molecule has 11 nitrogen and oxygen atoms in total. The Bertz CT molecular complexity index is 1260. The Hall–Kier alpha value is -3.50. The summed E-state index contributed by atoms with van der Waals surface area (Å²) in [6.45, 7) is 5.20. The van der Waals surface area contributed by atoms with Crippen molar-refractivity contribution < 1.29 is 28.9 Å². The molecule has 0 aliphatic carbocycles. The number of hydrogen-bond acceptors (Lipinski definition) is 10. The molecule has 2 aromatic rings. The molecular formula is C23H20BrN3O8S. The number of hydrogen-bond donors (Lipinski definition) is 0. The lowest BCUT2D eigenvalue weighted by molar-refractivity contribution is -0.394. The molecule has 0 spiro atoms. The standard InChI is InChI=1S/C23H20BrN3O8S/c1-12(11-36-22(29)14-7-15(26(30)31)9-16(8-14)27(32)33)21(28)34-19-17-6-13(10-25)4-5-18(17)35-23(2,3)20(19)24/h4-9,12,19-20H,11H2,1-3H3. The zero-order valence-electron chi connectivity index (χ0n) is 19.3. The number of non-ortho nitro benzene ring substituents is 2. The monoisotopic (exact) mass is 577 g/mol. The van der Waals surface area contributed by atoms with Gasteiger partial charge in [-0.1, -0.05) is 34.6 Å². The summed E-state index contributed by atoms with van der Waals surface area (Å²) < 4.78 is 11.8. The molecule has 0 aromatic heterocycles. The summed E-state index contributed by atoms with van der Waals surface area (Å²) in [4.78, 5) is 45.6. The van der Waals surface area contributed by atoms with E-state index >= 15 is 0 Å². The maximum absolute atomic E-state index is 12.9. The summed E-state index contributed by atoms with van der Waals surface area (Å²) in [5.41, 5.74) is -1.22. The Labute approximate surface area is 218 Å². The van der Waals surface area contributed by atoms with Gasteiger partial charge >= 0.3 is 5.97 Å². The number of carbonyl (C=O) groups excluding carboxylic acids is 2.